The Morgan fingerprint density at radius 2 is 1.00 bits per heavy atom. The Bertz CT molecular complexity index is 25.2. The van der Waals surface area contributed by atoms with Crippen molar-refractivity contribution in [3.05, 3.63) is 0 Å². The maximum absolute atomic E-state index is 4.94. The van der Waals surface area contributed by atoms with E-state index in [1.54, 1.807) is 0 Å². The molecule has 0 aliphatic carbocycles. The predicted molar refractivity (Wildman–Crippen MR) is 23.0 cm³/mol. The van der Waals surface area contributed by atoms with E-state index in [2.05, 4.69) is 0 Å². The fourth-order valence-electron chi connectivity index (χ4n) is 0.440. The van der Waals surface area contributed by atoms with E-state index in [1.165, 1.54) is 0 Å². The van der Waals surface area contributed by atoms with Crippen LogP contribution in [0.2, 0.25) is 0 Å². The molecule has 0 radical (unpaired) electrons. The number of ether oxygens (including phenoxy) is 2. The van der Waals surface area contributed by atoms with E-state index in [-0.39, 0.29) is 26.2 Å². The SMILES string of the molecule is C1COCCO1.[AtH]. The molecule has 1 aliphatic rings. The van der Waals surface area contributed by atoms with Gasteiger partial charge in [0, 0.05) is 0 Å². The van der Waals surface area contributed by atoms with Crippen molar-refractivity contribution in [3.63, 3.8) is 0 Å². The minimum absolute atomic E-state index is 0. The first kappa shape index (κ1) is 7.80. The molecule has 1 saturated heterocycles. The zero-order valence-corrected chi connectivity index (χ0v) is 7.23. The van der Waals surface area contributed by atoms with Gasteiger partial charge in [0.1, 0.15) is 0 Å². The van der Waals surface area contributed by atoms with Crippen molar-refractivity contribution < 1.29 is 35.7 Å². The summed E-state index contributed by atoms with van der Waals surface area (Å²) in [6, 6.07) is 0. The van der Waals surface area contributed by atoms with E-state index in [4.69, 9.17) is 9.47 Å². The quantitative estimate of drug-likeness (QED) is 0.615. The molecule has 2 nitrogen and oxygen atoms in total. The Balaban J connectivity index is 0.000000360. The van der Waals surface area contributed by atoms with Crippen LogP contribution in [0.5, 0.6) is 0 Å². The zero-order valence-electron chi connectivity index (χ0n) is 4.05. The Morgan fingerprint density at radius 1 is 0.714 bits per heavy atom. The van der Waals surface area contributed by atoms with Gasteiger partial charge in [0.15, 0.2) is 0 Å². The predicted octanol–water partition coefficient (Wildman–Crippen LogP) is -0.234. The molecule has 0 aromatic rings. The number of hydrogen-bond donors (Lipinski definition) is 0. The van der Waals surface area contributed by atoms with E-state index < -0.39 is 0 Å². The van der Waals surface area contributed by atoms with E-state index in [9.17, 15) is 0 Å². The molecule has 3 heteroatoms. The molecule has 0 bridgehead atoms. The molecule has 7 heavy (non-hydrogen) atoms. The molecule has 44 valence electrons. The summed E-state index contributed by atoms with van der Waals surface area (Å²) in [5, 5.41) is 0. The van der Waals surface area contributed by atoms with Crippen molar-refractivity contribution in [2.24, 2.45) is 0 Å². The average Bonchev–Trinajstić information content (AvgIpc) is 1.72. The summed E-state index contributed by atoms with van der Waals surface area (Å²) in [6.45, 7) is 3.11. The summed E-state index contributed by atoms with van der Waals surface area (Å²) in [4.78, 5) is 0. The molecular formula is C4H9AtO2. The van der Waals surface area contributed by atoms with Crippen LogP contribution in [0.4, 0.5) is 0 Å². The second-order valence-corrected chi connectivity index (χ2v) is 1.22. The van der Waals surface area contributed by atoms with Crippen LogP contribution in [0.25, 0.3) is 0 Å². The Morgan fingerprint density at radius 3 is 1.14 bits per heavy atom. The summed E-state index contributed by atoms with van der Waals surface area (Å²) in [5.41, 5.74) is 0. The molecule has 1 aliphatic heterocycles. The van der Waals surface area contributed by atoms with Crippen LogP contribution < -0.4 is 0 Å². The van der Waals surface area contributed by atoms with E-state index >= 15 is 0 Å². The van der Waals surface area contributed by atoms with Crippen LogP contribution in [0, 0.1) is 26.2 Å². The minimum atomic E-state index is 0. The fourth-order valence-corrected chi connectivity index (χ4v) is 0.440. The van der Waals surface area contributed by atoms with Crippen molar-refractivity contribution in [3.8, 4) is 0 Å². The summed E-state index contributed by atoms with van der Waals surface area (Å²) >= 11 is 0. The third-order valence-corrected chi connectivity index (χ3v) is 0.744. The van der Waals surface area contributed by atoms with Gasteiger partial charge in [-0.05, 0) is 0 Å². The molecule has 0 saturated carbocycles. The molecule has 0 atom stereocenters. The molecule has 0 aromatic heterocycles. The van der Waals surface area contributed by atoms with E-state index in [0.29, 0.717) is 0 Å². The van der Waals surface area contributed by atoms with Crippen LogP contribution in [0.3, 0.4) is 0 Å². The Kier molecular flexibility index (Phi) is 5.52. The standard InChI is InChI=1S/C4H8O2.AtH/c1-2-6-4-3-5-1;/h1-4H2;1H. The van der Waals surface area contributed by atoms with E-state index in [1.807, 2.05) is 0 Å². The molecular weight excluding hydrogens is 290 g/mol. The first-order valence-corrected chi connectivity index (χ1v) is 2.15. The summed E-state index contributed by atoms with van der Waals surface area (Å²) < 4.78 is 9.89. The Hall–Kier alpha value is 0.803. The fraction of sp³-hybridized carbons (Fsp3) is 1.00. The van der Waals surface area contributed by atoms with Gasteiger partial charge >= 0.3 is 26.2 Å². The van der Waals surface area contributed by atoms with Gasteiger partial charge in [-0.2, -0.15) is 0 Å². The van der Waals surface area contributed by atoms with Crippen LogP contribution in [-0.4, -0.2) is 26.4 Å². The monoisotopic (exact) mass is 299 g/mol. The second kappa shape index (κ2) is 4.95. The number of rotatable bonds is 0. The third kappa shape index (κ3) is 3.39. The van der Waals surface area contributed by atoms with Gasteiger partial charge in [0.25, 0.3) is 0 Å². The molecule has 0 spiro atoms. The van der Waals surface area contributed by atoms with Gasteiger partial charge in [-0.1, -0.05) is 0 Å². The molecule has 1 heterocycles. The van der Waals surface area contributed by atoms with E-state index in [0.717, 1.165) is 26.4 Å². The van der Waals surface area contributed by atoms with Gasteiger partial charge in [0.05, 0.1) is 26.4 Å². The van der Waals surface area contributed by atoms with Crippen LogP contribution in [0.15, 0.2) is 0 Å². The van der Waals surface area contributed by atoms with Crippen molar-refractivity contribution in [1.29, 1.82) is 0 Å². The topological polar surface area (TPSA) is 18.5 Å². The van der Waals surface area contributed by atoms with Crippen molar-refractivity contribution >= 4 is 0 Å². The molecule has 1 fully saturated rings. The summed E-state index contributed by atoms with van der Waals surface area (Å²) in [6.07, 6.45) is 0. The molecule has 0 aromatic carbocycles. The molecule has 1 rings (SSSR count). The van der Waals surface area contributed by atoms with Gasteiger partial charge in [-0.3, -0.25) is 0 Å². The van der Waals surface area contributed by atoms with Crippen LogP contribution >= 0.6 is 0 Å². The maximum atomic E-state index is 4.94. The summed E-state index contributed by atoms with van der Waals surface area (Å²) in [7, 11) is 0. The normalized spacial score (nSPS) is 20.6. The van der Waals surface area contributed by atoms with Gasteiger partial charge in [0.2, 0.25) is 0 Å². The zero-order chi connectivity index (χ0) is 4.24. The third-order valence-electron chi connectivity index (χ3n) is 0.744. The molecule has 0 N–H and O–H groups in total. The van der Waals surface area contributed by atoms with Crippen molar-refractivity contribution in [1.82, 2.24) is 0 Å². The summed E-state index contributed by atoms with van der Waals surface area (Å²) in [5.74, 6) is 0. The van der Waals surface area contributed by atoms with Crippen molar-refractivity contribution in [2.45, 2.75) is 0 Å². The number of hydrogen-bond acceptors (Lipinski definition) is 2. The Labute approximate surface area is 62.3 Å². The van der Waals surface area contributed by atoms with Crippen LogP contribution in [-0.2, 0) is 9.47 Å². The molecule has 0 unspecified atom stereocenters. The van der Waals surface area contributed by atoms with Crippen molar-refractivity contribution in [2.75, 3.05) is 26.4 Å². The van der Waals surface area contributed by atoms with Gasteiger partial charge in [-0.25, -0.2) is 0 Å². The first-order chi connectivity index (χ1) is 3.00. The average molecular weight is 299 g/mol. The molecule has 0 amide bonds. The van der Waals surface area contributed by atoms with Crippen LogP contribution in [0.1, 0.15) is 0 Å². The van der Waals surface area contributed by atoms with Gasteiger partial charge in [-0.15, -0.1) is 0 Å². The first-order valence-electron chi connectivity index (χ1n) is 2.15. The van der Waals surface area contributed by atoms with Gasteiger partial charge < -0.3 is 9.47 Å². The second-order valence-electron chi connectivity index (χ2n) is 1.22.